The molecular weight excluding hydrogens is 417 g/mol. The van der Waals surface area contributed by atoms with Crippen molar-refractivity contribution in [2.45, 2.75) is 19.9 Å². The molecular formula is C18H17BrFN5O2. The van der Waals surface area contributed by atoms with Crippen molar-refractivity contribution in [2.24, 2.45) is 0 Å². The van der Waals surface area contributed by atoms with Gasteiger partial charge >= 0.3 is 0 Å². The lowest BCUT2D eigenvalue weighted by Crippen LogP contribution is -2.27. The average Bonchev–Trinajstić information content (AvgIpc) is 3.12. The quantitative estimate of drug-likeness (QED) is 0.617. The van der Waals surface area contributed by atoms with Crippen LogP contribution in [0.5, 0.6) is 11.6 Å². The molecule has 0 aliphatic heterocycles. The van der Waals surface area contributed by atoms with Gasteiger partial charge < -0.3 is 14.6 Å². The van der Waals surface area contributed by atoms with Crippen LogP contribution in [0.15, 0.2) is 47.3 Å². The Morgan fingerprint density at radius 3 is 3.00 bits per heavy atom. The maximum atomic E-state index is 13.2. The first-order valence-electron chi connectivity index (χ1n) is 8.31. The van der Waals surface area contributed by atoms with Crippen LogP contribution < -0.4 is 10.1 Å². The van der Waals surface area contributed by atoms with E-state index in [9.17, 15) is 9.18 Å². The largest absolute Gasteiger partial charge is 0.437 e. The summed E-state index contributed by atoms with van der Waals surface area (Å²) >= 11 is 3.24. The van der Waals surface area contributed by atoms with Crippen molar-refractivity contribution in [1.82, 2.24) is 25.1 Å². The van der Waals surface area contributed by atoms with Crippen molar-refractivity contribution in [3.63, 3.8) is 0 Å². The number of amides is 1. The van der Waals surface area contributed by atoms with Crippen LogP contribution in [0.2, 0.25) is 0 Å². The number of benzene rings is 1. The van der Waals surface area contributed by atoms with Gasteiger partial charge in [-0.2, -0.15) is 0 Å². The number of aryl methyl sites for hydroxylation is 1. The predicted octanol–water partition coefficient (Wildman–Crippen LogP) is 3.36. The van der Waals surface area contributed by atoms with E-state index < -0.39 is 5.82 Å². The van der Waals surface area contributed by atoms with E-state index in [2.05, 4.69) is 36.4 Å². The highest BCUT2D eigenvalue weighted by atomic mass is 79.9. The molecule has 0 radical (unpaired) electrons. The van der Waals surface area contributed by atoms with Gasteiger partial charge in [0.25, 0.3) is 5.91 Å². The highest BCUT2D eigenvalue weighted by molar-refractivity contribution is 9.10. The van der Waals surface area contributed by atoms with Gasteiger partial charge in [0.05, 0.1) is 4.47 Å². The molecule has 0 saturated carbocycles. The van der Waals surface area contributed by atoms with E-state index in [-0.39, 0.29) is 17.4 Å². The van der Waals surface area contributed by atoms with Gasteiger partial charge in [0, 0.05) is 25.7 Å². The number of ether oxygens (including phenoxy) is 1. The Balaban J connectivity index is 1.68. The minimum atomic E-state index is -0.395. The van der Waals surface area contributed by atoms with Gasteiger partial charge in [0.1, 0.15) is 29.3 Å². The minimum absolute atomic E-state index is 0.138. The van der Waals surface area contributed by atoms with Crippen molar-refractivity contribution in [3.8, 4) is 11.6 Å². The van der Waals surface area contributed by atoms with E-state index >= 15 is 0 Å². The number of hydrogen-bond donors (Lipinski definition) is 1. The van der Waals surface area contributed by atoms with E-state index in [4.69, 9.17) is 4.74 Å². The summed E-state index contributed by atoms with van der Waals surface area (Å²) in [6, 6.07) is 7.28. The van der Waals surface area contributed by atoms with Gasteiger partial charge in [-0.05, 0) is 53.2 Å². The summed E-state index contributed by atoms with van der Waals surface area (Å²) < 4.78 is 21.3. The first-order chi connectivity index (χ1) is 13.1. The van der Waals surface area contributed by atoms with Gasteiger partial charge in [0.2, 0.25) is 5.88 Å². The van der Waals surface area contributed by atoms with Crippen LogP contribution in [0.3, 0.4) is 0 Å². The van der Waals surface area contributed by atoms with E-state index in [1.165, 1.54) is 24.4 Å². The molecule has 2 heterocycles. The first kappa shape index (κ1) is 19.0. The molecule has 0 bridgehead atoms. The molecule has 0 aliphatic carbocycles. The molecule has 3 rings (SSSR count). The zero-order chi connectivity index (χ0) is 19.2. The normalized spacial score (nSPS) is 10.6. The highest BCUT2D eigenvalue weighted by Crippen LogP contribution is 2.30. The van der Waals surface area contributed by atoms with Gasteiger partial charge in [-0.25, -0.2) is 9.37 Å². The molecule has 1 N–H and O–H groups in total. The second-order valence-electron chi connectivity index (χ2n) is 5.57. The number of nitrogens with one attached hydrogen (secondary N) is 1. The van der Waals surface area contributed by atoms with Gasteiger partial charge in [-0.3, -0.25) is 4.79 Å². The standard InChI is InChI=1S/C18H17BrFN5O2/c1-2-25-11-23-24-16(25)7-9-21-17(26)13-4-3-8-22-18(13)27-15-6-5-12(20)10-14(15)19/h3-6,8,10-11H,2,7,9H2,1H3,(H,21,26). The Morgan fingerprint density at radius 2 is 2.22 bits per heavy atom. The zero-order valence-electron chi connectivity index (χ0n) is 14.5. The summed E-state index contributed by atoms with van der Waals surface area (Å²) in [5.41, 5.74) is 0.283. The fraction of sp³-hybridized carbons (Fsp3) is 0.222. The number of pyridine rings is 1. The summed E-state index contributed by atoms with van der Waals surface area (Å²) in [6.07, 6.45) is 3.73. The van der Waals surface area contributed by atoms with Crippen molar-refractivity contribution in [3.05, 3.63) is 64.5 Å². The van der Waals surface area contributed by atoms with Gasteiger partial charge in [0.15, 0.2) is 0 Å². The molecule has 0 unspecified atom stereocenters. The topological polar surface area (TPSA) is 81.9 Å². The molecule has 0 saturated heterocycles. The summed E-state index contributed by atoms with van der Waals surface area (Å²) in [5, 5.41) is 10.7. The molecule has 0 spiro atoms. The molecule has 1 aromatic carbocycles. The minimum Gasteiger partial charge on any atom is -0.437 e. The van der Waals surface area contributed by atoms with E-state index in [0.29, 0.717) is 23.2 Å². The Kier molecular flexibility index (Phi) is 6.12. The SMILES string of the molecule is CCn1cnnc1CCNC(=O)c1cccnc1Oc1ccc(F)cc1Br. The summed E-state index contributed by atoms with van der Waals surface area (Å²) in [4.78, 5) is 16.7. The fourth-order valence-electron chi connectivity index (χ4n) is 2.43. The van der Waals surface area contributed by atoms with Crippen molar-refractivity contribution < 1.29 is 13.9 Å². The summed E-state index contributed by atoms with van der Waals surface area (Å²) in [5.74, 6) is 0.585. The van der Waals surface area contributed by atoms with E-state index in [1.807, 2.05) is 11.5 Å². The molecule has 3 aromatic rings. The van der Waals surface area contributed by atoms with Crippen LogP contribution in [-0.4, -0.2) is 32.2 Å². The average molecular weight is 434 g/mol. The molecule has 0 aliphatic rings. The predicted molar refractivity (Wildman–Crippen MR) is 100 cm³/mol. The van der Waals surface area contributed by atoms with Crippen LogP contribution in [0, 0.1) is 5.82 Å². The van der Waals surface area contributed by atoms with Crippen LogP contribution >= 0.6 is 15.9 Å². The number of halogens is 2. The maximum Gasteiger partial charge on any atom is 0.256 e. The molecule has 140 valence electrons. The Morgan fingerprint density at radius 1 is 1.37 bits per heavy atom. The second-order valence-corrected chi connectivity index (χ2v) is 6.43. The fourth-order valence-corrected chi connectivity index (χ4v) is 2.86. The van der Waals surface area contributed by atoms with E-state index in [1.54, 1.807) is 18.5 Å². The number of carbonyl (C=O) groups is 1. The highest BCUT2D eigenvalue weighted by Gasteiger charge is 2.15. The van der Waals surface area contributed by atoms with Crippen LogP contribution in [0.4, 0.5) is 4.39 Å². The molecule has 7 nitrogen and oxygen atoms in total. The lowest BCUT2D eigenvalue weighted by atomic mass is 10.2. The Labute approximate surface area is 163 Å². The number of aromatic nitrogens is 4. The first-order valence-corrected chi connectivity index (χ1v) is 9.10. The molecule has 0 atom stereocenters. The smallest absolute Gasteiger partial charge is 0.256 e. The third-order valence-corrected chi connectivity index (χ3v) is 4.41. The Hall–Kier alpha value is -2.81. The van der Waals surface area contributed by atoms with Crippen LogP contribution in [0.1, 0.15) is 23.1 Å². The monoisotopic (exact) mass is 433 g/mol. The molecule has 2 aromatic heterocycles. The molecule has 0 fully saturated rings. The Bertz CT molecular complexity index is 947. The molecule has 27 heavy (non-hydrogen) atoms. The summed E-state index contributed by atoms with van der Waals surface area (Å²) in [6.45, 7) is 3.16. The lowest BCUT2D eigenvalue weighted by Gasteiger charge is -2.11. The van der Waals surface area contributed by atoms with Crippen molar-refractivity contribution >= 4 is 21.8 Å². The lowest BCUT2D eigenvalue weighted by molar-refractivity contribution is 0.0951. The number of nitrogens with zero attached hydrogens (tertiary/aromatic N) is 4. The second kappa shape index (κ2) is 8.72. The summed E-state index contributed by atoms with van der Waals surface area (Å²) in [7, 11) is 0. The molecule has 9 heteroatoms. The number of hydrogen-bond acceptors (Lipinski definition) is 5. The van der Waals surface area contributed by atoms with Crippen molar-refractivity contribution in [1.29, 1.82) is 0 Å². The maximum absolute atomic E-state index is 13.2. The van der Waals surface area contributed by atoms with Gasteiger partial charge in [-0.1, -0.05) is 0 Å². The third-order valence-electron chi connectivity index (χ3n) is 3.79. The number of carbonyl (C=O) groups excluding carboxylic acids is 1. The van der Waals surface area contributed by atoms with E-state index in [0.717, 1.165) is 12.4 Å². The number of rotatable bonds is 7. The zero-order valence-corrected chi connectivity index (χ0v) is 16.1. The van der Waals surface area contributed by atoms with Crippen LogP contribution in [-0.2, 0) is 13.0 Å². The third kappa shape index (κ3) is 4.68. The van der Waals surface area contributed by atoms with Crippen LogP contribution in [0.25, 0.3) is 0 Å². The van der Waals surface area contributed by atoms with Crippen molar-refractivity contribution in [2.75, 3.05) is 6.54 Å². The van der Waals surface area contributed by atoms with Gasteiger partial charge in [-0.15, -0.1) is 10.2 Å². The molecule has 1 amide bonds.